The zero-order valence-electron chi connectivity index (χ0n) is 17.1. The molecule has 5 heteroatoms. The molecule has 1 fully saturated rings. The van der Waals surface area contributed by atoms with Crippen LogP contribution in [0, 0.1) is 0 Å². The van der Waals surface area contributed by atoms with Gasteiger partial charge in [0.15, 0.2) is 0 Å². The Morgan fingerprint density at radius 3 is 2.86 bits per heavy atom. The van der Waals surface area contributed by atoms with Gasteiger partial charge >= 0.3 is 5.97 Å². The average Bonchev–Trinajstić information content (AvgIpc) is 3.49. The molecule has 0 amide bonds. The van der Waals surface area contributed by atoms with Crippen LogP contribution in [0.3, 0.4) is 0 Å². The minimum atomic E-state index is -0.896. The zero-order chi connectivity index (χ0) is 20.4. The molecule has 152 valence electrons. The third-order valence-electron chi connectivity index (χ3n) is 5.69. The summed E-state index contributed by atoms with van der Waals surface area (Å²) in [6.45, 7) is 3.50. The number of carboxylic acid groups (broad SMARTS) is 1. The van der Waals surface area contributed by atoms with Crippen molar-refractivity contribution in [3.8, 4) is 0 Å². The van der Waals surface area contributed by atoms with Crippen LogP contribution >= 0.6 is 0 Å². The first kappa shape index (κ1) is 19.6. The second-order valence-corrected chi connectivity index (χ2v) is 7.94. The number of carbonyl (C=O) groups is 1. The van der Waals surface area contributed by atoms with Crippen molar-refractivity contribution in [2.45, 2.75) is 44.9 Å². The summed E-state index contributed by atoms with van der Waals surface area (Å²) in [5, 5.41) is 10.9. The number of fused-ring (bicyclic) bond motifs is 1. The molecule has 3 aromatic rings. The van der Waals surface area contributed by atoms with Gasteiger partial charge in [-0.15, -0.1) is 0 Å². The van der Waals surface area contributed by atoms with Gasteiger partial charge in [0.25, 0.3) is 0 Å². The van der Waals surface area contributed by atoms with Crippen LogP contribution in [0.5, 0.6) is 0 Å². The number of rotatable bonds is 9. The largest absolute Gasteiger partial charge is 0.478 e. The molecule has 2 aromatic heterocycles. The molecule has 0 saturated heterocycles. The molecule has 0 bridgehead atoms. The number of aromatic carboxylic acids is 1. The standard InChI is InChI=1S/C24H28N2O3/c1-3-29-10-4-5-18-11-16(12-19-8-9-26(2)23(18)19)13-22-21(24(27)28)14-20(15-25-22)17-6-7-17/h8-9,11-12,14-15,17H,3-7,10,13H2,1-2H3,(H,27,28). The van der Waals surface area contributed by atoms with Gasteiger partial charge in [0.2, 0.25) is 0 Å². The van der Waals surface area contributed by atoms with E-state index in [0.29, 0.717) is 23.6 Å². The van der Waals surface area contributed by atoms with Crippen molar-refractivity contribution >= 4 is 16.9 Å². The molecule has 5 nitrogen and oxygen atoms in total. The monoisotopic (exact) mass is 392 g/mol. The maximum atomic E-state index is 11.8. The van der Waals surface area contributed by atoms with Crippen LogP contribution in [0.15, 0.2) is 36.7 Å². The number of benzene rings is 1. The van der Waals surface area contributed by atoms with Crippen molar-refractivity contribution in [2.24, 2.45) is 7.05 Å². The Morgan fingerprint density at radius 1 is 1.31 bits per heavy atom. The Morgan fingerprint density at radius 2 is 2.14 bits per heavy atom. The average molecular weight is 392 g/mol. The van der Waals surface area contributed by atoms with Crippen LogP contribution in [-0.2, 0) is 24.6 Å². The van der Waals surface area contributed by atoms with Crippen molar-refractivity contribution in [1.29, 1.82) is 0 Å². The van der Waals surface area contributed by atoms with Gasteiger partial charge in [-0.2, -0.15) is 0 Å². The van der Waals surface area contributed by atoms with Gasteiger partial charge in [0, 0.05) is 44.5 Å². The summed E-state index contributed by atoms with van der Waals surface area (Å²) in [6, 6.07) is 8.30. The highest BCUT2D eigenvalue weighted by atomic mass is 16.5. The van der Waals surface area contributed by atoms with E-state index < -0.39 is 5.97 Å². The third-order valence-corrected chi connectivity index (χ3v) is 5.69. The fraction of sp³-hybridized carbons (Fsp3) is 0.417. The highest BCUT2D eigenvalue weighted by molar-refractivity contribution is 5.89. The fourth-order valence-corrected chi connectivity index (χ4v) is 4.08. The number of pyridine rings is 1. The molecule has 1 saturated carbocycles. The molecule has 1 N–H and O–H groups in total. The van der Waals surface area contributed by atoms with Gasteiger partial charge in [-0.25, -0.2) is 4.79 Å². The van der Waals surface area contributed by atoms with Crippen LogP contribution in [0.25, 0.3) is 10.9 Å². The predicted molar refractivity (Wildman–Crippen MR) is 114 cm³/mol. The van der Waals surface area contributed by atoms with E-state index in [2.05, 4.69) is 41.0 Å². The van der Waals surface area contributed by atoms with Crippen LogP contribution in [0.2, 0.25) is 0 Å². The van der Waals surface area contributed by atoms with E-state index in [9.17, 15) is 9.90 Å². The Balaban J connectivity index is 1.64. The van der Waals surface area contributed by atoms with Crippen molar-refractivity contribution in [1.82, 2.24) is 9.55 Å². The van der Waals surface area contributed by atoms with E-state index in [1.54, 1.807) is 0 Å². The van der Waals surface area contributed by atoms with Crippen LogP contribution in [0.4, 0.5) is 0 Å². The van der Waals surface area contributed by atoms with E-state index in [0.717, 1.165) is 50.0 Å². The predicted octanol–water partition coefficient (Wildman–Crippen LogP) is 4.71. The molecule has 1 aromatic carbocycles. The summed E-state index contributed by atoms with van der Waals surface area (Å²) in [5.41, 5.74) is 5.64. The first-order valence-corrected chi connectivity index (χ1v) is 10.4. The summed E-state index contributed by atoms with van der Waals surface area (Å²) in [4.78, 5) is 16.4. The van der Waals surface area contributed by atoms with Crippen molar-refractivity contribution in [3.05, 3.63) is 64.6 Å². The van der Waals surface area contributed by atoms with Gasteiger partial charge in [0.05, 0.1) is 16.8 Å². The Bertz CT molecular complexity index is 1030. The summed E-state index contributed by atoms with van der Waals surface area (Å²) >= 11 is 0. The number of aryl methyl sites for hydroxylation is 2. The van der Waals surface area contributed by atoms with E-state index in [4.69, 9.17) is 4.74 Å². The summed E-state index contributed by atoms with van der Waals surface area (Å²) in [7, 11) is 2.06. The number of ether oxygens (including phenoxy) is 1. The molecule has 1 aliphatic carbocycles. The lowest BCUT2D eigenvalue weighted by Crippen LogP contribution is -2.07. The number of carboxylic acids is 1. The van der Waals surface area contributed by atoms with E-state index in [1.807, 2.05) is 19.2 Å². The van der Waals surface area contributed by atoms with E-state index in [-0.39, 0.29) is 0 Å². The highest BCUT2D eigenvalue weighted by Gasteiger charge is 2.26. The summed E-state index contributed by atoms with van der Waals surface area (Å²) < 4.78 is 7.65. The number of nitrogens with zero attached hydrogens (tertiary/aromatic N) is 2. The molecular formula is C24H28N2O3. The normalized spacial score (nSPS) is 13.9. The van der Waals surface area contributed by atoms with Crippen LogP contribution in [-0.4, -0.2) is 33.8 Å². The first-order valence-electron chi connectivity index (χ1n) is 10.4. The van der Waals surface area contributed by atoms with Gasteiger partial charge in [0.1, 0.15) is 0 Å². The molecule has 0 aliphatic heterocycles. The molecule has 0 spiro atoms. The third kappa shape index (κ3) is 4.35. The van der Waals surface area contributed by atoms with Crippen molar-refractivity contribution in [2.75, 3.05) is 13.2 Å². The number of hydrogen-bond acceptors (Lipinski definition) is 3. The molecule has 0 radical (unpaired) electrons. The van der Waals surface area contributed by atoms with Gasteiger partial charge in [-0.05, 0) is 73.4 Å². The molecule has 4 rings (SSSR count). The SMILES string of the molecule is CCOCCCc1cc(Cc2ncc(C3CC3)cc2C(=O)O)cc2ccn(C)c12. The lowest BCUT2D eigenvalue weighted by molar-refractivity contribution is 0.0695. The number of aromatic nitrogens is 2. The summed E-state index contributed by atoms with van der Waals surface area (Å²) in [5.74, 6) is -0.403. The Hall–Kier alpha value is -2.66. The van der Waals surface area contributed by atoms with Crippen LogP contribution < -0.4 is 0 Å². The van der Waals surface area contributed by atoms with Gasteiger partial charge in [-0.3, -0.25) is 4.98 Å². The van der Waals surface area contributed by atoms with Gasteiger partial charge < -0.3 is 14.4 Å². The molecule has 1 aliphatic rings. The maximum Gasteiger partial charge on any atom is 0.337 e. The molecule has 0 atom stereocenters. The quantitative estimate of drug-likeness (QED) is 0.536. The molecule has 2 heterocycles. The van der Waals surface area contributed by atoms with Crippen molar-refractivity contribution in [3.63, 3.8) is 0 Å². The Kier molecular flexibility index (Phi) is 5.67. The zero-order valence-corrected chi connectivity index (χ0v) is 17.1. The Labute approximate surface area is 171 Å². The van der Waals surface area contributed by atoms with E-state index >= 15 is 0 Å². The first-order chi connectivity index (χ1) is 14.1. The van der Waals surface area contributed by atoms with Crippen molar-refractivity contribution < 1.29 is 14.6 Å². The minimum absolute atomic E-state index is 0.334. The maximum absolute atomic E-state index is 11.8. The highest BCUT2D eigenvalue weighted by Crippen LogP contribution is 2.40. The molecule has 0 unspecified atom stereocenters. The lowest BCUT2D eigenvalue weighted by atomic mass is 9.97. The number of hydrogen-bond donors (Lipinski definition) is 1. The molecular weight excluding hydrogens is 364 g/mol. The second kappa shape index (κ2) is 8.37. The second-order valence-electron chi connectivity index (χ2n) is 7.94. The lowest BCUT2D eigenvalue weighted by Gasteiger charge is -2.12. The van der Waals surface area contributed by atoms with E-state index in [1.165, 1.54) is 16.5 Å². The molecule has 29 heavy (non-hydrogen) atoms. The van der Waals surface area contributed by atoms with Crippen LogP contribution in [0.1, 0.15) is 64.8 Å². The summed E-state index contributed by atoms with van der Waals surface area (Å²) in [6.07, 6.45) is 8.63. The topological polar surface area (TPSA) is 64.3 Å². The smallest absolute Gasteiger partial charge is 0.337 e. The fourth-order valence-electron chi connectivity index (χ4n) is 4.08. The van der Waals surface area contributed by atoms with Gasteiger partial charge in [-0.1, -0.05) is 6.07 Å². The minimum Gasteiger partial charge on any atom is -0.478 e.